The molecule has 1 N–H and O–H groups in total. The zero-order valence-corrected chi connectivity index (χ0v) is 13.4. The zero-order chi connectivity index (χ0) is 14.8. The molecule has 0 aromatic carbocycles. The molecule has 0 amide bonds. The molecule has 2 heteroatoms. The van der Waals surface area contributed by atoms with Crippen molar-refractivity contribution in [2.75, 3.05) is 0 Å². The van der Waals surface area contributed by atoms with Crippen LogP contribution in [0.5, 0.6) is 0 Å². The number of fused-ring (bicyclic) bond motifs is 4. The van der Waals surface area contributed by atoms with Crippen molar-refractivity contribution in [2.24, 2.45) is 29.1 Å². The fourth-order valence-corrected chi connectivity index (χ4v) is 6.43. The molecule has 0 saturated heterocycles. The molecule has 0 aromatic rings. The van der Waals surface area contributed by atoms with Gasteiger partial charge in [0.25, 0.3) is 0 Å². The van der Waals surface area contributed by atoms with Gasteiger partial charge < -0.3 is 5.11 Å². The molecule has 0 aromatic heterocycles. The number of aliphatic hydroxyl groups is 1. The Labute approximate surface area is 128 Å². The molecule has 0 unspecified atom stereocenters. The van der Waals surface area contributed by atoms with Crippen LogP contribution < -0.4 is 0 Å². The van der Waals surface area contributed by atoms with E-state index >= 15 is 0 Å². The topological polar surface area (TPSA) is 37.3 Å². The van der Waals surface area contributed by atoms with Crippen molar-refractivity contribution in [2.45, 2.75) is 71.3 Å². The predicted octanol–water partition coefficient (Wildman–Crippen LogP) is 3.88. The molecule has 2 fully saturated rings. The molecule has 6 atom stereocenters. The summed E-state index contributed by atoms with van der Waals surface area (Å²) in [5.41, 5.74) is 3.33. The van der Waals surface area contributed by atoms with Crippen molar-refractivity contribution >= 4 is 5.78 Å². The van der Waals surface area contributed by atoms with Crippen LogP contribution in [0.2, 0.25) is 0 Å². The number of ketones is 1. The van der Waals surface area contributed by atoms with Crippen LogP contribution in [-0.4, -0.2) is 17.0 Å². The normalized spacial score (nSPS) is 49.7. The van der Waals surface area contributed by atoms with Crippen molar-refractivity contribution in [1.29, 1.82) is 0 Å². The molecule has 2 saturated carbocycles. The summed E-state index contributed by atoms with van der Waals surface area (Å²) < 4.78 is 0. The van der Waals surface area contributed by atoms with E-state index < -0.39 is 0 Å². The quantitative estimate of drug-likeness (QED) is 0.687. The lowest BCUT2D eigenvalue weighted by Gasteiger charge is -2.53. The second-order valence-electron chi connectivity index (χ2n) is 8.45. The van der Waals surface area contributed by atoms with Crippen LogP contribution in [0.3, 0.4) is 0 Å². The van der Waals surface area contributed by atoms with Crippen LogP contribution in [0.1, 0.15) is 65.2 Å². The van der Waals surface area contributed by atoms with E-state index in [9.17, 15) is 9.90 Å². The Balaban J connectivity index is 1.70. The van der Waals surface area contributed by atoms with E-state index in [1.165, 1.54) is 24.8 Å². The third-order valence-corrected chi connectivity index (χ3v) is 7.49. The Morgan fingerprint density at radius 3 is 2.81 bits per heavy atom. The summed E-state index contributed by atoms with van der Waals surface area (Å²) in [6, 6.07) is 0. The Morgan fingerprint density at radius 2 is 2.00 bits per heavy atom. The van der Waals surface area contributed by atoms with Crippen LogP contribution in [0.15, 0.2) is 11.1 Å². The molecule has 4 aliphatic rings. The molecule has 0 radical (unpaired) electrons. The van der Waals surface area contributed by atoms with Gasteiger partial charge in [-0.2, -0.15) is 0 Å². The van der Waals surface area contributed by atoms with Crippen molar-refractivity contribution in [3.8, 4) is 0 Å². The minimum Gasteiger partial charge on any atom is -0.393 e. The largest absolute Gasteiger partial charge is 0.393 e. The van der Waals surface area contributed by atoms with Crippen LogP contribution >= 0.6 is 0 Å². The number of carbonyl (C=O) groups is 1. The number of rotatable bonds is 0. The first-order valence-electron chi connectivity index (χ1n) is 8.91. The molecule has 0 heterocycles. The third kappa shape index (κ3) is 1.91. The van der Waals surface area contributed by atoms with Crippen LogP contribution in [0, 0.1) is 29.1 Å². The standard InChI is InChI=1S/C19H28O2/c1-11-9-12-10-13(20)3-4-14(12)15-7-8-19(2)16(18(11)15)5-6-17(19)21/h11,15-18,21H,3-10H2,1-2H3/t11-,15-,16+,17+,18-,19+/m1/s1. The van der Waals surface area contributed by atoms with Gasteiger partial charge >= 0.3 is 0 Å². The number of Topliss-reactive ketones (excluding diaryl/α,β-unsaturated/α-hetero) is 1. The molecule has 116 valence electrons. The molecule has 0 spiro atoms. The second kappa shape index (κ2) is 4.68. The summed E-state index contributed by atoms with van der Waals surface area (Å²) in [7, 11) is 0. The van der Waals surface area contributed by atoms with Gasteiger partial charge in [0.1, 0.15) is 5.78 Å². The SMILES string of the molecule is C[C@@H]1CC2=C(CCC(=O)C2)[C@H]2CC[C@]3(C)[C@@H](O)CC[C@H]3[C@H]12. The number of allylic oxidation sites excluding steroid dienone is 2. The molecule has 21 heavy (non-hydrogen) atoms. The molecule has 0 bridgehead atoms. The van der Waals surface area contributed by atoms with Gasteiger partial charge in [0.05, 0.1) is 6.10 Å². The predicted molar refractivity (Wildman–Crippen MR) is 82.7 cm³/mol. The summed E-state index contributed by atoms with van der Waals surface area (Å²) in [4.78, 5) is 11.8. The number of aliphatic hydroxyl groups excluding tert-OH is 1. The number of hydrogen-bond donors (Lipinski definition) is 1. The highest BCUT2D eigenvalue weighted by molar-refractivity contribution is 5.82. The molecule has 2 nitrogen and oxygen atoms in total. The third-order valence-electron chi connectivity index (χ3n) is 7.49. The lowest BCUT2D eigenvalue weighted by molar-refractivity contribution is -0.119. The van der Waals surface area contributed by atoms with Gasteiger partial charge in [0.2, 0.25) is 0 Å². The highest BCUT2D eigenvalue weighted by atomic mass is 16.3. The van der Waals surface area contributed by atoms with Crippen molar-refractivity contribution in [3.05, 3.63) is 11.1 Å². The number of hydrogen-bond acceptors (Lipinski definition) is 2. The van der Waals surface area contributed by atoms with Crippen LogP contribution in [-0.2, 0) is 4.79 Å². The highest BCUT2D eigenvalue weighted by Gasteiger charge is 2.56. The Hall–Kier alpha value is -0.630. The fourth-order valence-electron chi connectivity index (χ4n) is 6.43. The zero-order valence-electron chi connectivity index (χ0n) is 13.4. The molecule has 4 aliphatic carbocycles. The fraction of sp³-hybridized carbons (Fsp3) is 0.842. The van der Waals surface area contributed by atoms with Crippen molar-refractivity contribution in [1.82, 2.24) is 0 Å². The lowest BCUT2D eigenvalue weighted by atomic mass is 9.52. The van der Waals surface area contributed by atoms with Gasteiger partial charge in [-0.15, -0.1) is 0 Å². The van der Waals surface area contributed by atoms with E-state index in [1.54, 1.807) is 5.57 Å². The number of carbonyl (C=O) groups excluding carboxylic acids is 1. The summed E-state index contributed by atoms with van der Waals surface area (Å²) in [6.45, 7) is 4.74. The Bertz CT molecular complexity index is 506. The summed E-state index contributed by atoms with van der Waals surface area (Å²) in [5, 5.41) is 10.5. The second-order valence-corrected chi connectivity index (χ2v) is 8.45. The van der Waals surface area contributed by atoms with Crippen LogP contribution in [0.4, 0.5) is 0 Å². The molecule has 4 rings (SSSR count). The average molecular weight is 288 g/mol. The maximum absolute atomic E-state index is 11.8. The van der Waals surface area contributed by atoms with Gasteiger partial charge in [-0.3, -0.25) is 4.79 Å². The van der Waals surface area contributed by atoms with Crippen molar-refractivity contribution in [3.63, 3.8) is 0 Å². The average Bonchev–Trinajstić information content (AvgIpc) is 2.74. The van der Waals surface area contributed by atoms with E-state index in [2.05, 4.69) is 13.8 Å². The maximum atomic E-state index is 11.8. The van der Waals surface area contributed by atoms with E-state index in [0.717, 1.165) is 43.9 Å². The van der Waals surface area contributed by atoms with Gasteiger partial charge in [0.15, 0.2) is 0 Å². The van der Waals surface area contributed by atoms with Gasteiger partial charge in [-0.05, 0) is 67.6 Å². The molecule has 0 aliphatic heterocycles. The van der Waals surface area contributed by atoms with Crippen molar-refractivity contribution < 1.29 is 9.90 Å². The molecular weight excluding hydrogens is 260 g/mol. The minimum atomic E-state index is -0.0843. The summed E-state index contributed by atoms with van der Waals surface area (Å²) >= 11 is 0. The van der Waals surface area contributed by atoms with Crippen LogP contribution in [0.25, 0.3) is 0 Å². The minimum absolute atomic E-state index is 0.0843. The Kier molecular flexibility index (Phi) is 3.12. The Morgan fingerprint density at radius 1 is 1.19 bits per heavy atom. The van der Waals surface area contributed by atoms with Gasteiger partial charge in [0, 0.05) is 12.8 Å². The van der Waals surface area contributed by atoms with Gasteiger partial charge in [-0.25, -0.2) is 0 Å². The summed E-state index contributed by atoms with van der Waals surface area (Å²) in [6.07, 6.45) is 8.25. The monoisotopic (exact) mass is 288 g/mol. The van der Waals surface area contributed by atoms with E-state index in [-0.39, 0.29) is 11.5 Å². The lowest BCUT2D eigenvalue weighted by Crippen LogP contribution is -2.47. The van der Waals surface area contributed by atoms with Gasteiger partial charge in [-0.1, -0.05) is 25.0 Å². The first-order valence-corrected chi connectivity index (χ1v) is 8.91. The van der Waals surface area contributed by atoms with E-state index in [4.69, 9.17) is 0 Å². The van der Waals surface area contributed by atoms with E-state index in [0.29, 0.717) is 17.6 Å². The first kappa shape index (κ1) is 14.0. The first-order chi connectivity index (χ1) is 10.0. The smallest absolute Gasteiger partial charge is 0.137 e. The summed E-state index contributed by atoms with van der Waals surface area (Å²) in [5.74, 6) is 3.33. The highest BCUT2D eigenvalue weighted by Crippen LogP contribution is 2.62. The van der Waals surface area contributed by atoms with E-state index in [1.807, 2.05) is 0 Å². The maximum Gasteiger partial charge on any atom is 0.137 e. The molecular formula is C19H28O2.